The van der Waals surface area contributed by atoms with Crippen LogP contribution in [0, 0.1) is 5.92 Å². The number of nitrogens with one attached hydrogen (secondary N) is 1. The molecule has 0 amide bonds. The Balaban J connectivity index is 2.18. The Labute approximate surface area is 107 Å². The number of aromatic nitrogens is 2. The molecule has 1 aromatic heterocycles. The lowest BCUT2D eigenvalue weighted by Crippen LogP contribution is -2.30. The summed E-state index contributed by atoms with van der Waals surface area (Å²) in [6.45, 7) is 2.91. The first-order valence-electron chi connectivity index (χ1n) is 6.22. The predicted molar refractivity (Wildman–Crippen MR) is 66.3 cm³/mol. The highest BCUT2D eigenvalue weighted by Gasteiger charge is 2.34. The first-order chi connectivity index (χ1) is 8.59. The number of aliphatic hydroxyl groups is 1. The highest BCUT2D eigenvalue weighted by atomic mass is 32.2. The number of aromatic amines is 1. The monoisotopic (exact) mass is 273 g/mol. The van der Waals surface area contributed by atoms with Gasteiger partial charge < -0.3 is 5.11 Å². The Kier molecular flexibility index (Phi) is 4.04. The van der Waals surface area contributed by atoms with E-state index in [4.69, 9.17) is 5.11 Å². The molecule has 2 heterocycles. The van der Waals surface area contributed by atoms with E-state index in [9.17, 15) is 8.42 Å². The topological polar surface area (TPSA) is 86.3 Å². The van der Waals surface area contributed by atoms with Crippen LogP contribution < -0.4 is 0 Å². The van der Waals surface area contributed by atoms with Crippen LogP contribution in [0.1, 0.15) is 31.7 Å². The molecule has 0 saturated carbocycles. The van der Waals surface area contributed by atoms with Gasteiger partial charge in [0.2, 0.25) is 0 Å². The summed E-state index contributed by atoms with van der Waals surface area (Å²) in [7, 11) is -3.53. The fraction of sp³-hybridized carbons (Fsp3) is 0.727. The molecular formula is C11H19N3O3S. The van der Waals surface area contributed by atoms with Crippen molar-refractivity contribution in [1.29, 1.82) is 0 Å². The summed E-state index contributed by atoms with van der Waals surface area (Å²) in [6.07, 6.45) is 4.40. The fourth-order valence-electron chi connectivity index (χ4n) is 2.42. The van der Waals surface area contributed by atoms with Gasteiger partial charge in [-0.05, 0) is 18.8 Å². The molecule has 0 spiro atoms. The second-order valence-corrected chi connectivity index (χ2v) is 6.56. The van der Waals surface area contributed by atoms with Gasteiger partial charge in [0, 0.05) is 18.7 Å². The quantitative estimate of drug-likeness (QED) is 0.827. The summed E-state index contributed by atoms with van der Waals surface area (Å²) >= 11 is 0. The maximum absolute atomic E-state index is 12.4. The Bertz CT molecular complexity index is 497. The van der Waals surface area contributed by atoms with Crippen molar-refractivity contribution in [2.45, 2.75) is 37.8 Å². The van der Waals surface area contributed by atoms with Gasteiger partial charge >= 0.3 is 0 Å². The molecule has 1 atom stereocenters. The molecule has 18 heavy (non-hydrogen) atoms. The number of hydrogen-bond acceptors (Lipinski definition) is 4. The molecule has 1 aromatic rings. The number of hydrogen-bond donors (Lipinski definition) is 2. The molecule has 0 radical (unpaired) electrons. The van der Waals surface area contributed by atoms with Crippen molar-refractivity contribution in [3.8, 4) is 0 Å². The van der Waals surface area contributed by atoms with Crippen molar-refractivity contribution in [2.75, 3.05) is 13.1 Å². The summed E-state index contributed by atoms with van der Waals surface area (Å²) in [5.74, 6) is 0.449. The van der Waals surface area contributed by atoms with Gasteiger partial charge in [0.1, 0.15) is 0 Å². The van der Waals surface area contributed by atoms with Gasteiger partial charge in [-0.25, -0.2) is 8.42 Å². The van der Waals surface area contributed by atoms with Gasteiger partial charge in [0.15, 0.2) is 5.03 Å². The lowest BCUT2D eigenvalue weighted by Gasteiger charge is -2.16. The molecule has 1 unspecified atom stereocenters. The standard InChI is InChI=1S/C11H19N3O3S/c1-2-3-9-4-5-14(7-9)18(16,17)11-10(8-15)6-12-13-11/h6,9,15H,2-5,7-8H2,1H3,(H,12,13). The predicted octanol–water partition coefficient (Wildman–Crippen LogP) is 0.713. The van der Waals surface area contributed by atoms with Crippen molar-refractivity contribution >= 4 is 10.0 Å². The summed E-state index contributed by atoms with van der Waals surface area (Å²) in [5, 5.41) is 15.3. The lowest BCUT2D eigenvalue weighted by molar-refractivity contribution is 0.278. The first kappa shape index (κ1) is 13.5. The molecule has 1 aliphatic heterocycles. The van der Waals surface area contributed by atoms with E-state index in [0.29, 0.717) is 24.6 Å². The SMILES string of the molecule is CCCC1CCN(S(=O)(=O)c2[nH]ncc2CO)C1. The van der Waals surface area contributed by atoms with E-state index in [1.807, 2.05) is 0 Å². The van der Waals surface area contributed by atoms with Gasteiger partial charge in [0.05, 0.1) is 12.8 Å². The Morgan fingerprint density at radius 1 is 1.61 bits per heavy atom. The Morgan fingerprint density at radius 2 is 2.39 bits per heavy atom. The van der Waals surface area contributed by atoms with E-state index in [2.05, 4.69) is 17.1 Å². The van der Waals surface area contributed by atoms with E-state index < -0.39 is 10.0 Å². The number of sulfonamides is 1. The number of H-pyrrole nitrogens is 1. The zero-order valence-electron chi connectivity index (χ0n) is 10.5. The number of aliphatic hydroxyl groups excluding tert-OH is 1. The van der Waals surface area contributed by atoms with Crippen LogP contribution in [-0.2, 0) is 16.6 Å². The number of rotatable bonds is 5. The minimum Gasteiger partial charge on any atom is -0.392 e. The Morgan fingerprint density at radius 3 is 3.06 bits per heavy atom. The third-order valence-electron chi connectivity index (χ3n) is 3.39. The van der Waals surface area contributed by atoms with E-state index in [-0.39, 0.29) is 11.6 Å². The van der Waals surface area contributed by atoms with E-state index in [0.717, 1.165) is 19.3 Å². The van der Waals surface area contributed by atoms with Crippen LogP contribution in [0.5, 0.6) is 0 Å². The summed E-state index contributed by atoms with van der Waals surface area (Å²) in [6, 6.07) is 0. The molecule has 1 saturated heterocycles. The molecule has 6 nitrogen and oxygen atoms in total. The van der Waals surface area contributed by atoms with Gasteiger partial charge in [-0.2, -0.15) is 9.40 Å². The molecular weight excluding hydrogens is 254 g/mol. The maximum Gasteiger partial charge on any atom is 0.260 e. The van der Waals surface area contributed by atoms with Gasteiger partial charge in [0.25, 0.3) is 10.0 Å². The summed E-state index contributed by atoms with van der Waals surface area (Å²) in [4.78, 5) is 0. The van der Waals surface area contributed by atoms with E-state index in [1.54, 1.807) is 0 Å². The van der Waals surface area contributed by atoms with Crippen molar-refractivity contribution in [2.24, 2.45) is 5.92 Å². The van der Waals surface area contributed by atoms with Crippen molar-refractivity contribution in [3.63, 3.8) is 0 Å². The summed E-state index contributed by atoms with van der Waals surface area (Å²) in [5.41, 5.74) is 0.328. The van der Waals surface area contributed by atoms with Gasteiger partial charge in [-0.3, -0.25) is 5.10 Å². The highest BCUT2D eigenvalue weighted by Crippen LogP contribution is 2.27. The van der Waals surface area contributed by atoms with Gasteiger partial charge in [-0.1, -0.05) is 13.3 Å². The van der Waals surface area contributed by atoms with E-state index >= 15 is 0 Å². The minimum absolute atomic E-state index is 0.0298. The molecule has 1 aliphatic rings. The molecule has 7 heteroatoms. The lowest BCUT2D eigenvalue weighted by atomic mass is 10.0. The largest absolute Gasteiger partial charge is 0.392 e. The Hall–Kier alpha value is -0.920. The second-order valence-electron chi connectivity index (χ2n) is 4.69. The van der Waals surface area contributed by atoms with Gasteiger partial charge in [-0.15, -0.1) is 0 Å². The molecule has 1 fully saturated rings. The molecule has 2 rings (SSSR count). The second kappa shape index (κ2) is 5.38. The third-order valence-corrected chi connectivity index (χ3v) is 5.27. The number of nitrogens with zero attached hydrogens (tertiary/aromatic N) is 2. The van der Waals surface area contributed by atoms with Crippen LogP contribution >= 0.6 is 0 Å². The van der Waals surface area contributed by atoms with E-state index in [1.165, 1.54) is 10.5 Å². The van der Waals surface area contributed by atoms with Crippen LogP contribution in [0.25, 0.3) is 0 Å². The average molecular weight is 273 g/mol. The minimum atomic E-state index is -3.53. The van der Waals surface area contributed by atoms with Crippen LogP contribution in [0.4, 0.5) is 0 Å². The maximum atomic E-state index is 12.4. The average Bonchev–Trinajstić information content (AvgIpc) is 2.97. The fourth-order valence-corrected chi connectivity index (χ4v) is 4.05. The first-order valence-corrected chi connectivity index (χ1v) is 7.66. The smallest absolute Gasteiger partial charge is 0.260 e. The van der Waals surface area contributed by atoms with Crippen molar-refractivity contribution in [3.05, 3.63) is 11.8 Å². The summed E-state index contributed by atoms with van der Waals surface area (Å²) < 4.78 is 26.2. The molecule has 2 N–H and O–H groups in total. The molecule has 102 valence electrons. The van der Waals surface area contributed by atoms with Crippen LogP contribution in [0.2, 0.25) is 0 Å². The molecule has 0 aliphatic carbocycles. The molecule has 0 aromatic carbocycles. The highest BCUT2D eigenvalue weighted by molar-refractivity contribution is 7.89. The normalized spacial score (nSPS) is 21.6. The zero-order chi connectivity index (χ0) is 13.2. The van der Waals surface area contributed by atoms with Crippen LogP contribution in [0.3, 0.4) is 0 Å². The molecule has 0 bridgehead atoms. The van der Waals surface area contributed by atoms with Crippen LogP contribution in [-0.4, -0.2) is 41.1 Å². The van der Waals surface area contributed by atoms with Crippen molar-refractivity contribution in [1.82, 2.24) is 14.5 Å². The van der Waals surface area contributed by atoms with Crippen LogP contribution in [0.15, 0.2) is 11.2 Å². The van der Waals surface area contributed by atoms with Crippen molar-refractivity contribution < 1.29 is 13.5 Å². The third kappa shape index (κ3) is 2.43. The zero-order valence-corrected chi connectivity index (χ0v) is 11.3.